The van der Waals surface area contributed by atoms with Crippen LogP contribution in [-0.4, -0.2) is 24.5 Å². The average Bonchev–Trinajstić information content (AvgIpc) is 3.13. The van der Waals surface area contributed by atoms with Gasteiger partial charge in [-0.3, -0.25) is 9.59 Å². The lowest BCUT2D eigenvalue weighted by Crippen LogP contribution is -2.27. The Morgan fingerprint density at radius 1 is 1.12 bits per heavy atom. The van der Waals surface area contributed by atoms with E-state index in [0.29, 0.717) is 17.9 Å². The topological polar surface area (TPSA) is 67.4 Å². The number of carbonyl (C=O) groups excluding carboxylic acids is 2. The summed E-state index contributed by atoms with van der Waals surface area (Å²) >= 11 is 3.44. The molecule has 2 amide bonds. The van der Waals surface area contributed by atoms with Crippen molar-refractivity contribution in [1.82, 2.24) is 0 Å². The molecule has 6 heteroatoms. The fourth-order valence-electron chi connectivity index (χ4n) is 2.67. The maximum Gasteiger partial charge on any atom is 0.255 e. The van der Waals surface area contributed by atoms with E-state index >= 15 is 0 Å². The van der Waals surface area contributed by atoms with Crippen LogP contribution in [-0.2, 0) is 9.53 Å². The summed E-state index contributed by atoms with van der Waals surface area (Å²) in [7, 11) is 0. The van der Waals surface area contributed by atoms with Crippen molar-refractivity contribution in [1.29, 1.82) is 0 Å². The van der Waals surface area contributed by atoms with Crippen molar-refractivity contribution < 1.29 is 14.3 Å². The third-order valence-corrected chi connectivity index (χ3v) is 4.92. The molecule has 0 radical (unpaired) electrons. The minimum absolute atomic E-state index is 0.168. The Labute approximate surface area is 154 Å². The van der Waals surface area contributed by atoms with Crippen LogP contribution in [0.25, 0.3) is 0 Å². The van der Waals surface area contributed by atoms with Crippen molar-refractivity contribution in [3.05, 3.63) is 58.1 Å². The number of hydrogen-bond acceptors (Lipinski definition) is 3. The van der Waals surface area contributed by atoms with Crippen molar-refractivity contribution >= 4 is 39.1 Å². The average molecular weight is 403 g/mol. The number of nitrogens with one attached hydrogen (secondary N) is 2. The van der Waals surface area contributed by atoms with Crippen LogP contribution in [0.3, 0.4) is 0 Å². The molecule has 1 fully saturated rings. The van der Waals surface area contributed by atoms with E-state index in [1.165, 1.54) is 0 Å². The zero-order valence-corrected chi connectivity index (χ0v) is 15.4. The molecule has 1 unspecified atom stereocenters. The highest BCUT2D eigenvalue weighted by Crippen LogP contribution is 2.21. The van der Waals surface area contributed by atoms with Gasteiger partial charge >= 0.3 is 0 Å². The molecule has 0 saturated carbocycles. The van der Waals surface area contributed by atoms with E-state index in [0.717, 1.165) is 28.6 Å². The fraction of sp³-hybridized carbons (Fsp3) is 0.263. The van der Waals surface area contributed by atoms with Crippen LogP contribution in [0.2, 0.25) is 0 Å². The highest BCUT2D eigenvalue weighted by atomic mass is 79.9. The molecule has 3 rings (SSSR count). The lowest BCUT2D eigenvalue weighted by molar-refractivity contribution is -0.124. The van der Waals surface area contributed by atoms with Gasteiger partial charge in [-0.1, -0.05) is 22.0 Å². The Kier molecular flexibility index (Phi) is 5.50. The summed E-state index contributed by atoms with van der Waals surface area (Å²) < 4.78 is 6.36. The molecule has 0 spiro atoms. The van der Waals surface area contributed by atoms with Gasteiger partial charge in [0.2, 0.25) is 0 Å². The second kappa shape index (κ2) is 7.80. The minimum Gasteiger partial charge on any atom is -0.368 e. The van der Waals surface area contributed by atoms with Gasteiger partial charge < -0.3 is 15.4 Å². The van der Waals surface area contributed by atoms with Crippen LogP contribution in [0.5, 0.6) is 0 Å². The van der Waals surface area contributed by atoms with Crippen LogP contribution < -0.4 is 10.6 Å². The zero-order valence-electron chi connectivity index (χ0n) is 13.8. The molecule has 1 atom stereocenters. The predicted molar refractivity (Wildman–Crippen MR) is 101 cm³/mol. The van der Waals surface area contributed by atoms with Crippen LogP contribution in [0.1, 0.15) is 28.8 Å². The van der Waals surface area contributed by atoms with Gasteiger partial charge in [-0.05, 0) is 61.7 Å². The fourth-order valence-corrected chi connectivity index (χ4v) is 2.92. The van der Waals surface area contributed by atoms with E-state index < -0.39 is 6.10 Å². The molecule has 2 aromatic rings. The molecule has 0 bridgehead atoms. The standard InChI is InChI=1S/C19H19BrN2O3/c1-12-10-15(7-8-16(12)20)21-18(23)13-4-2-5-14(11-13)22-19(24)17-6-3-9-25-17/h2,4-5,7-8,10-11,17H,3,6,9H2,1H3,(H,21,23)(H,22,24). The number of anilines is 2. The van der Waals surface area contributed by atoms with E-state index in [-0.39, 0.29) is 11.8 Å². The first-order chi connectivity index (χ1) is 12.0. The largest absolute Gasteiger partial charge is 0.368 e. The van der Waals surface area contributed by atoms with Crippen molar-refractivity contribution in [2.75, 3.05) is 17.2 Å². The molecule has 2 aromatic carbocycles. The number of halogens is 1. The lowest BCUT2D eigenvalue weighted by atomic mass is 10.1. The Morgan fingerprint density at radius 2 is 1.92 bits per heavy atom. The maximum atomic E-state index is 12.4. The highest BCUT2D eigenvalue weighted by Gasteiger charge is 2.23. The number of rotatable bonds is 4. The summed E-state index contributed by atoms with van der Waals surface area (Å²) in [4.78, 5) is 24.6. The van der Waals surface area contributed by atoms with Gasteiger partial charge in [0.05, 0.1) is 0 Å². The SMILES string of the molecule is Cc1cc(NC(=O)c2cccc(NC(=O)C3CCCO3)c2)ccc1Br. The van der Waals surface area contributed by atoms with Crippen molar-refractivity contribution in [3.63, 3.8) is 0 Å². The van der Waals surface area contributed by atoms with Gasteiger partial charge in [-0.25, -0.2) is 0 Å². The summed E-state index contributed by atoms with van der Waals surface area (Å²) in [5.74, 6) is -0.395. The smallest absolute Gasteiger partial charge is 0.255 e. The summed E-state index contributed by atoms with van der Waals surface area (Å²) in [6.45, 7) is 2.58. The van der Waals surface area contributed by atoms with E-state index in [1.54, 1.807) is 24.3 Å². The Hall–Kier alpha value is -2.18. The van der Waals surface area contributed by atoms with Gasteiger partial charge in [0.25, 0.3) is 11.8 Å². The second-order valence-electron chi connectivity index (χ2n) is 5.99. The van der Waals surface area contributed by atoms with Crippen molar-refractivity contribution in [3.8, 4) is 0 Å². The van der Waals surface area contributed by atoms with Crippen LogP contribution >= 0.6 is 15.9 Å². The molecular formula is C19H19BrN2O3. The maximum absolute atomic E-state index is 12.4. The molecule has 130 valence electrons. The van der Waals surface area contributed by atoms with Gasteiger partial charge in [-0.15, -0.1) is 0 Å². The first-order valence-corrected chi connectivity index (χ1v) is 8.92. The summed E-state index contributed by atoms with van der Waals surface area (Å²) in [6.07, 6.45) is 1.23. The number of amides is 2. The van der Waals surface area contributed by atoms with Crippen LogP contribution in [0.4, 0.5) is 11.4 Å². The normalized spacial score (nSPS) is 16.5. The number of hydrogen-bond donors (Lipinski definition) is 2. The monoisotopic (exact) mass is 402 g/mol. The first-order valence-electron chi connectivity index (χ1n) is 8.13. The molecular weight excluding hydrogens is 384 g/mol. The van der Waals surface area contributed by atoms with Gasteiger partial charge in [0, 0.05) is 28.0 Å². The molecule has 2 N–H and O–H groups in total. The molecule has 1 aliphatic heterocycles. The second-order valence-corrected chi connectivity index (χ2v) is 6.84. The van der Waals surface area contributed by atoms with Gasteiger partial charge in [-0.2, -0.15) is 0 Å². The number of benzene rings is 2. The molecule has 0 aliphatic carbocycles. The summed E-state index contributed by atoms with van der Waals surface area (Å²) in [5, 5.41) is 5.67. The number of aryl methyl sites for hydroxylation is 1. The minimum atomic E-state index is -0.400. The molecule has 5 nitrogen and oxygen atoms in total. The van der Waals surface area contributed by atoms with Gasteiger partial charge in [0.15, 0.2) is 0 Å². The van der Waals surface area contributed by atoms with E-state index in [9.17, 15) is 9.59 Å². The van der Waals surface area contributed by atoms with Crippen molar-refractivity contribution in [2.24, 2.45) is 0 Å². The Bertz CT molecular complexity index is 801. The van der Waals surface area contributed by atoms with E-state index in [4.69, 9.17) is 4.74 Å². The molecule has 0 aromatic heterocycles. The zero-order chi connectivity index (χ0) is 17.8. The quantitative estimate of drug-likeness (QED) is 0.807. The Balaban J connectivity index is 1.68. The van der Waals surface area contributed by atoms with Crippen molar-refractivity contribution in [2.45, 2.75) is 25.9 Å². The number of carbonyl (C=O) groups is 2. The lowest BCUT2D eigenvalue weighted by Gasteiger charge is -2.12. The molecule has 1 aliphatic rings. The predicted octanol–water partition coefficient (Wildman–Crippen LogP) is 4.13. The first kappa shape index (κ1) is 17.6. The Morgan fingerprint density at radius 3 is 2.64 bits per heavy atom. The van der Waals surface area contributed by atoms with E-state index in [1.807, 2.05) is 25.1 Å². The van der Waals surface area contributed by atoms with Gasteiger partial charge in [0.1, 0.15) is 6.10 Å². The summed E-state index contributed by atoms with van der Waals surface area (Å²) in [5.41, 5.74) is 2.82. The van der Waals surface area contributed by atoms with E-state index in [2.05, 4.69) is 26.6 Å². The third kappa shape index (κ3) is 4.46. The third-order valence-electron chi connectivity index (χ3n) is 4.03. The molecule has 1 saturated heterocycles. The summed E-state index contributed by atoms with van der Waals surface area (Å²) in [6, 6.07) is 12.5. The van der Waals surface area contributed by atoms with Crippen LogP contribution in [0, 0.1) is 6.92 Å². The van der Waals surface area contributed by atoms with Crippen LogP contribution in [0.15, 0.2) is 46.9 Å². The molecule has 1 heterocycles. The number of ether oxygens (including phenoxy) is 1. The highest BCUT2D eigenvalue weighted by molar-refractivity contribution is 9.10. The molecule has 25 heavy (non-hydrogen) atoms.